The van der Waals surface area contributed by atoms with Crippen LogP contribution in [0.5, 0.6) is 0 Å². The Hall–Kier alpha value is -2.44. The van der Waals surface area contributed by atoms with Gasteiger partial charge in [-0.1, -0.05) is 76.9 Å². The van der Waals surface area contributed by atoms with Crippen LogP contribution < -0.4 is 24.8 Å². The summed E-state index contributed by atoms with van der Waals surface area (Å²) in [6.45, 7) is 13.7. The van der Waals surface area contributed by atoms with E-state index in [0.29, 0.717) is 0 Å². The molecule has 5 aromatic rings. The number of fused-ring (bicyclic) bond motifs is 3. The molecule has 0 radical (unpaired) electrons. The van der Waals surface area contributed by atoms with Crippen LogP contribution in [0, 0.1) is 6.08 Å². The Labute approximate surface area is 305 Å². The van der Waals surface area contributed by atoms with Crippen LogP contribution in [0.1, 0.15) is 83.1 Å². The van der Waals surface area contributed by atoms with E-state index in [4.69, 9.17) is 0 Å². The zero-order valence-electron chi connectivity index (χ0n) is 28.3. The first-order valence-corrected chi connectivity index (χ1v) is 17.2. The van der Waals surface area contributed by atoms with Gasteiger partial charge < -0.3 is 24.8 Å². The van der Waals surface area contributed by atoms with Gasteiger partial charge in [0.2, 0.25) is 0 Å². The van der Waals surface area contributed by atoms with Gasteiger partial charge in [0.1, 0.15) is 0 Å². The van der Waals surface area contributed by atoms with Crippen LogP contribution in [0.3, 0.4) is 0 Å². The quantitative estimate of drug-likeness (QED) is 0.200. The van der Waals surface area contributed by atoms with Gasteiger partial charge in [0.25, 0.3) is 0 Å². The van der Waals surface area contributed by atoms with Crippen molar-refractivity contribution in [2.75, 3.05) is 0 Å². The van der Waals surface area contributed by atoms with Crippen molar-refractivity contribution in [3.05, 3.63) is 150 Å². The van der Waals surface area contributed by atoms with Gasteiger partial charge in [-0.3, -0.25) is 6.08 Å². The molecule has 0 amide bonds. The molecule has 1 aliphatic carbocycles. The van der Waals surface area contributed by atoms with E-state index < -0.39 is 0 Å². The molecule has 46 heavy (non-hydrogen) atoms. The van der Waals surface area contributed by atoms with Crippen molar-refractivity contribution in [3.8, 4) is 0 Å². The third kappa shape index (κ3) is 12.3. The van der Waals surface area contributed by atoms with E-state index in [0.717, 1.165) is 6.42 Å². The minimum absolute atomic E-state index is 0. The molecule has 0 unspecified atom stereocenters. The zero-order valence-corrected chi connectivity index (χ0v) is 32.3. The Bertz CT molecular complexity index is 1570. The molecule has 0 atom stereocenters. The van der Waals surface area contributed by atoms with E-state index in [1.807, 2.05) is 12.2 Å². The van der Waals surface area contributed by atoms with Gasteiger partial charge in [0.15, 0.2) is 0 Å². The fourth-order valence-electron chi connectivity index (χ4n) is 5.28. The monoisotopic (exact) mass is 724 g/mol. The van der Waals surface area contributed by atoms with Gasteiger partial charge in [-0.25, -0.2) is 12.2 Å². The Balaban J connectivity index is 0.000000270. The number of hydrogen-bond acceptors (Lipinski definition) is 0. The second-order valence-electron chi connectivity index (χ2n) is 13.8. The fourth-order valence-corrected chi connectivity index (χ4v) is 5.89. The Kier molecular flexibility index (Phi) is 16.2. The summed E-state index contributed by atoms with van der Waals surface area (Å²) in [5.41, 5.74) is 6.11. The van der Waals surface area contributed by atoms with Crippen LogP contribution in [0.15, 0.2) is 121 Å². The predicted molar refractivity (Wildman–Crippen MR) is 191 cm³/mol. The SMILES string of the molecule is CC(C)(C)c1ccc2[cH-]c3ccc(C(C)(C)C)cc3c2c1.[C-]1=CC=CC1.[Cl-].[Cl-].[Zr+2]=[C](CCc1ccccc1)CCc1ccccc1. The second-order valence-corrected chi connectivity index (χ2v) is 15.6. The first-order valence-electron chi connectivity index (χ1n) is 16.0. The molecular formula is C43H48Cl2Zr-2. The second kappa shape index (κ2) is 18.8. The average Bonchev–Trinajstić information content (AvgIpc) is 3.71. The third-order valence-corrected chi connectivity index (χ3v) is 9.37. The number of halogens is 2. The maximum atomic E-state index is 2.99. The molecule has 5 aromatic carbocycles. The molecule has 0 heterocycles. The maximum absolute atomic E-state index is 2.99. The van der Waals surface area contributed by atoms with E-state index >= 15 is 0 Å². The van der Waals surface area contributed by atoms with Crippen molar-refractivity contribution < 1.29 is 49.0 Å². The van der Waals surface area contributed by atoms with Crippen molar-refractivity contribution in [3.63, 3.8) is 0 Å². The van der Waals surface area contributed by atoms with Gasteiger partial charge >= 0.3 is 125 Å². The standard InChI is InChI=1S/C21H25.C17H18.C5H5.2ClH.Zr/c1-20(2,3)16-9-7-14-11-15-8-10-17(21(4,5)6)13-19(15)18(14)12-16;1-4-10-16(11-5-1)14-8-3-9-15-17-12-6-2-7-13-17;1-2-4-5-3-1;;;/h7-13H,1-6H3;1-2,4-7,10-13H,8-9,14-15H2;1-3H,4H2;2*1H;/q-1;;-1;;;+2/p-2. The van der Waals surface area contributed by atoms with Crippen molar-refractivity contribution in [2.24, 2.45) is 0 Å². The van der Waals surface area contributed by atoms with Crippen molar-refractivity contribution >= 4 is 24.8 Å². The van der Waals surface area contributed by atoms with Crippen LogP contribution in [-0.2, 0) is 47.9 Å². The molecule has 0 aliphatic heterocycles. The molecule has 0 nitrogen and oxygen atoms in total. The molecular weight excluding hydrogens is 679 g/mol. The van der Waals surface area contributed by atoms with E-state index in [-0.39, 0.29) is 35.6 Å². The molecule has 0 aromatic heterocycles. The number of hydrogen-bond donors (Lipinski definition) is 0. The number of aryl methyl sites for hydroxylation is 2. The third-order valence-electron chi connectivity index (χ3n) is 8.14. The zero-order chi connectivity index (χ0) is 31.6. The minimum atomic E-state index is 0. The van der Waals surface area contributed by atoms with Gasteiger partial charge in [-0.05, 0) is 10.8 Å². The van der Waals surface area contributed by atoms with Gasteiger partial charge in [-0.2, -0.15) is 6.08 Å². The molecule has 3 heteroatoms. The summed E-state index contributed by atoms with van der Waals surface area (Å²) < 4.78 is 1.69. The summed E-state index contributed by atoms with van der Waals surface area (Å²) >= 11 is 1.60. The molecule has 6 rings (SSSR count). The van der Waals surface area contributed by atoms with E-state index in [9.17, 15) is 0 Å². The summed E-state index contributed by atoms with van der Waals surface area (Å²) in [6.07, 6.45) is 14.9. The first kappa shape index (κ1) is 39.7. The molecule has 0 fully saturated rings. The summed E-state index contributed by atoms with van der Waals surface area (Å²) in [7, 11) is 0. The Morgan fingerprint density at radius 2 is 1.09 bits per heavy atom. The molecule has 1 aliphatic rings. The number of allylic oxidation sites excluding steroid dienone is 4. The molecule has 0 N–H and O–H groups in total. The first-order chi connectivity index (χ1) is 21.0. The Morgan fingerprint density at radius 3 is 1.41 bits per heavy atom. The van der Waals surface area contributed by atoms with Crippen LogP contribution in [0.2, 0.25) is 0 Å². The van der Waals surface area contributed by atoms with E-state index in [1.165, 1.54) is 69.5 Å². The Morgan fingerprint density at radius 1 is 0.652 bits per heavy atom. The van der Waals surface area contributed by atoms with Crippen molar-refractivity contribution in [1.82, 2.24) is 0 Å². The van der Waals surface area contributed by atoms with Crippen molar-refractivity contribution in [2.45, 2.75) is 84.5 Å². The molecule has 0 saturated carbocycles. The van der Waals surface area contributed by atoms with Crippen LogP contribution in [-0.4, -0.2) is 3.21 Å². The van der Waals surface area contributed by atoms with Crippen LogP contribution in [0.25, 0.3) is 21.5 Å². The summed E-state index contributed by atoms with van der Waals surface area (Å²) in [6, 6.07) is 37.7. The topological polar surface area (TPSA) is 0 Å². The molecule has 240 valence electrons. The normalized spacial score (nSPS) is 12.0. The van der Waals surface area contributed by atoms with Gasteiger partial charge in [0, 0.05) is 0 Å². The summed E-state index contributed by atoms with van der Waals surface area (Å²) in [5, 5.41) is 5.49. The van der Waals surface area contributed by atoms with Gasteiger partial charge in [0.05, 0.1) is 0 Å². The average molecular weight is 727 g/mol. The van der Waals surface area contributed by atoms with Crippen LogP contribution in [0.4, 0.5) is 0 Å². The number of benzene rings is 4. The summed E-state index contributed by atoms with van der Waals surface area (Å²) in [5.74, 6) is 0. The molecule has 0 saturated heterocycles. The molecule has 0 spiro atoms. The van der Waals surface area contributed by atoms with E-state index in [1.54, 1.807) is 27.4 Å². The fraction of sp³-hybridized carbons (Fsp3) is 0.302. The number of rotatable bonds is 6. The summed E-state index contributed by atoms with van der Waals surface area (Å²) in [4.78, 5) is 0. The van der Waals surface area contributed by atoms with Crippen LogP contribution >= 0.6 is 0 Å². The van der Waals surface area contributed by atoms with E-state index in [2.05, 4.69) is 157 Å². The molecule has 0 bridgehead atoms. The van der Waals surface area contributed by atoms with Crippen molar-refractivity contribution in [1.29, 1.82) is 0 Å². The predicted octanol–water partition coefficient (Wildman–Crippen LogP) is 5.59. The van der Waals surface area contributed by atoms with Gasteiger partial charge in [-0.15, -0.1) is 46.2 Å².